The van der Waals surface area contributed by atoms with Crippen molar-refractivity contribution in [2.75, 3.05) is 23.8 Å². The Labute approximate surface area is 159 Å². The van der Waals surface area contributed by atoms with Crippen molar-refractivity contribution in [2.45, 2.75) is 19.3 Å². The van der Waals surface area contributed by atoms with Gasteiger partial charge in [-0.25, -0.2) is 4.98 Å². The minimum atomic E-state index is -0.274. The van der Waals surface area contributed by atoms with Crippen LogP contribution >= 0.6 is 22.9 Å². The fraction of sp³-hybridized carbons (Fsp3) is 0.294. The highest BCUT2D eigenvalue weighted by atomic mass is 35.5. The molecule has 26 heavy (non-hydrogen) atoms. The number of nitrogens with one attached hydrogen (secondary N) is 2. The molecule has 9 heteroatoms. The van der Waals surface area contributed by atoms with Crippen LogP contribution < -0.4 is 15.5 Å². The first-order chi connectivity index (χ1) is 12.5. The smallest absolute Gasteiger partial charge is 0.251 e. The maximum absolute atomic E-state index is 12.2. The lowest BCUT2D eigenvalue weighted by Gasteiger charge is -2.10. The van der Waals surface area contributed by atoms with Crippen molar-refractivity contribution in [3.05, 3.63) is 39.9 Å². The maximum Gasteiger partial charge on any atom is 0.251 e. The lowest BCUT2D eigenvalue weighted by Crippen LogP contribution is -2.23. The summed E-state index contributed by atoms with van der Waals surface area (Å²) < 4.78 is 0. The van der Waals surface area contributed by atoms with E-state index in [2.05, 4.69) is 15.6 Å². The number of benzene rings is 1. The molecule has 2 N–H and O–H groups in total. The molecule has 3 rings (SSSR count). The van der Waals surface area contributed by atoms with Gasteiger partial charge in [0.2, 0.25) is 11.8 Å². The van der Waals surface area contributed by atoms with Gasteiger partial charge in [-0.2, -0.15) is 0 Å². The Hall–Kier alpha value is -2.45. The van der Waals surface area contributed by atoms with Gasteiger partial charge in [0.25, 0.3) is 5.91 Å². The number of rotatable bonds is 5. The molecule has 0 unspecified atom stereocenters. The van der Waals surface area contributed by atoms with Crippen LogP contribution in [0, 0.1) is 0 Å². The van der Waals surface area contributed by atoms with Crippen molar-refractivity contribution in [1.29, 1.82) is 0 Å². The average Bonchev–Trinajstić information content (AvgIpc) is 3.24. The molecule has 0 spiro atoms. The summed E-state index contributed by atoms with van der Waals surface area (Å²) in [6, 6.07) is 4.66. The Morgan fingerprint density at radius 3 is 2.85 bits per heavy atom. The lowest BCUT2D eigenvalue weighted by molar-refractivity contribution is -0.117. The van der Waals surface area contributed by atoms with Crippen LogP contribution in [0.15, 0.2) is 23.6 Å². The van der Waals surface area contributed by atoms with Crippen LogP contribution in [0.2, 0.25) is 5.02 Å². The Morgan fingerprint density at radius 2 is 2.19 bits per heavy atom. The Balaban J connectivity index is 1.63. The second-order valence-electron chi connectivity index (χ2n) is 5.77. The van der Waals surface area contributed by atoms with Crippen molar-refractivity contribution in [2.24, 2.45) is 0 Å². The molecule has 1 aromatic carbocycles. The van der Waals surface area contributed by atoms with Crippen molar-refractivity contribution >= 4 is 51.5 Å². The molecule has 136 valence electrons. The summed E-state index contributed by atoms with van der Waals surface area (Å²) in [6.45, 7) is 0.672. The molecule has 0 radical (unpaired) electrons. The van der Waals surface area contributed by atoms with E-state index in [1.807, 2.05) is 0 Å². The number of halogens is 1. The zero-order valence-electron chi connectivity index (χ0n) is 14.0. The number of hydrogen-bond acceptors (Lipinski definition) is 5. The number of aromatic nitrogens is 1. The van der Waals surface area contributed by atoms with E-state index in [0.29, 0.717) is 35.0 Å². The highest BCUT2D eigenvalue weighted by molar-refractivity contribution is 7.14. The average molecular weight is 393 g/mol. The van der Waals surface area contributed by atoms with E-state index in [9.17, 15) is 14.4 Å². The minimum absolute atomic E-state index is 0.0679. The molecule has 0 bridgehead atoms. The standard InChI is InChI=1S/C17H17ClN4O3S/c1-19-16(25)10-4-5-13(12(18)7-10)21-14(23)8-11-9-26-17(20-11)22-6-2-3-15(22)24/h4-5,7,9H,2-3,6,8H2,1H3,(H,19,25)(H,21,23). The van der Waals surface area contributed by atoms with E-state index in [1.54, 1.807) is 22.4 Å². The van der Waals surface area contributed by atoms with Gasteiger partial charge in [0, 0.05) is 31.0 Å². The molecule has 1 fully saturated rings. The highest BCUT2D eigenvalue weighted by Gasteiger charge is 2.24. The SMILES string of the molecule is CNC(=O)c1ccc(NC(=O)Cc2csc(N3CCCC3=O)n2)c(Cl)c1. The number of anilines is 2. The van der Waals surface area contributed by atoms with Crippen LogP contribution in [0.3, 0.4) is 0 Å². The van der Waals surface area contributed by atoms with Crippen molar-refractivity contribution in [3.63, 3.8) is 0 Å². The van der Waals surface area contributed by atoms with E-state index in [1.165, 1.54) is 24.5 Å². The molecule has 0 saturated carbocycles. The molecule has 1 aliphatic rings. The van der Waals surface area contributed by atoms with Crippen molar-refractivity contribution < 1.29 is 14.4 Å². The van der Waals surface area contributed by atoms with Gasteiger partial charge < -0.3 is 10.6 Å². The fourth-order valence-corrected chi connectivity index (χ4v) is 3.71. The van der Waals surface area contributed by atoms with Crippen molar-refractivity contribution in [1.82, 2.24) is 10.3 Å². The third kappa shape index (κ3) is 4.03. The molecule has 1 aliphatic heterocycles. The van der Waals surface area contributed by atoms with Crippen LogP contribution in [-0.2, 0) is 16.0 Å². The molecule has 0 aliphatic carbocycles. The summed E-state index contributed by atoms with van der Waals surface area (Å²) in [5, 5.41) is 7.90. The molecule has 7 nitrogen and oxygen atoms in total. The van der Waals surface area contributed by atoms with Gasteiger partial charge in [-0.15, -0.1) is 11.3 Å². The van der Waals surface area contributed by atoms with Gasteiger partial charge in [0.15, 0.2) is 5.13 Å². The normalized spacial score (nSPS) is 13.8. The summed E-state index contributed by atoms with van der Waals surface area (Å²) in [5.41, 5.74) is 1.43. The monoisotopic (exact) mass is 392 g/mol. The Kier molecular flexibility index (Phi) is 5.53. The third-order valence-corrected chi connectivity index (χ3v) is 5.14. The zero-order valence-corrected chi connectivity index (χ0v) is 15.6. The molecular weight excluding hydrogens is 376 g/mol. The summed E-state index contributed by atoms with van der Waals surface area (Å²) in [7, 11) is 1.53. The van der Waals surface area contributed by atoms with Crippen LogP contribution in [0.1, 0.15) is 28.9 Å². The molecule has 2 aromatic rings. The largest absolute Gasteiger partial charge is 0.355 e. The molecule has 1 saturated heterocycles. The van der Waals surface area contributed by atoms with Crippen LogP contribution in [0.25, 0.3) is 0 Å². The Morgan fingerprint density at radius 1 is 1.38 bits per heavy atom. The first kappa shape index (κ1) is 18.3. The first-order valence-electron chi connectivity index (χ1n) is 8.04. The second kappa shape index (κ2) is 7.84. The zero-order chi connectivity index (χ0) is 18.7. The third-order valence-electron chi connectivity index (χ3n) is 3.92. The first-order valence-corrected chi connectivity index (χ1v) is 9.30. The van der Waals surface area contributed by atoms with Gasteiger partial charge in [0.1, 0.15) is 0 Å². The number of carbonyl (C=O) groups is 3. The highest BCUT2D eigenvalue weighted by Crippen LogP contribution is 2.26. The number of amides is 3. The van der Waals surface area contributed by atoms with Crippen molar-refractivity contribution in [3.8, 4) is 0 Å². The van der Waals surface area contributed by atoms with E-state index in [0.717, 1.165) is 6.42 Å². The van der Waals surface area contributed by atoms with Gasteiger partial charge in [0.05, 0.1) is 22.8 Å². The molecule has 1 aromatic heterocycles. The lowest BCUT2D eigenvalue weighted by atomic mass is 10.2. The Bertz CT molecular complexity index is 867. The quantitative estimate of drug-likeness (QED) is 0.817. The molecule has 0 atom stereocenters. The second-order valence-corrected chi connectivity index (χ2v) is 7.01. The van der Waals surface area contributed by atoms with Crippen LogP contribution in [-0.4, -0.2) is 36.3 Å². The number of carbonyl (C=O) groups excluding carboxylic acids is 3. The summed E-state index contributed by atoms with van der Waals surface area (Å²) in [5.74, 6) is -0.459. The molecular formula is C17H17ClN4O3S. The van der Waals surface area contributed by atoms with E-state index in [4.69, 9.17) is 11.6 Å². The summed E-state index contributed by atoms with van der Waals surface area (Å²) in [4.78, 5) is 41.6. The number of nitrogens with zero attached hydrogens (tertiary/aromatic N) is 2. The van der Waals surface area contributed by atoms with Gasteiger partial charge in [-0.05, 0) is 24.6 Å². The van der Waals surface area contributed by atoms with E-state index in [-0.39, 0.29) is 29.2 Å². The van der Waals surface area contributed by atoms with Gasteiger partial charge >= 0.3 is 0 Å². The van der Waals surface area contributed by atoms with E-state index < -0.39 is 0 Å². The van der Waals surface area contributed by atoms with Gasteiger partial charge in [-0.1, -0.05) is 11.6 Å². The number of thiazole rings is 1. The predicted octanol–water partition coefficient (Wildman–Crippen LogP) is 2.46. The van der Waals surface area contributed by atoms with E-state index >= 15 is 0 Å². The maximum atomic E-state index is 12.2. The topological polar surface area (TPSA) is 91.4 Å². The summed E-state index contributed by atoms with van der Waals surface area (Å²) >= 11 is 7.48. The molecule has 2 heterocycles. The fourth-order valence-electron chi connectivity index (χ4n) is 2.61. The predicted molar refractivity (Wildman–Crippen MR) is 101 cm³/mol. The number of hydrogen-bond donors (Lipinski definition) is 2. The van der Waals surface area contributed by atoms with Gasteiger partial charge in [-0.3, -0.25) is 19.3 Å². The molecule has 3 amide bonds. The minimum Gasteiger partial charge on any atom is -0.355 e. The summed E-state index contributed by atoms with van der Waals surface area (Å²) in [6.07, 6.45) is 1.45. The van der Waals surface area contributed by atoms with Crippen LogP contribution in [0.4, 0.5) is 10.8 Å². The van der Waals surface area contributed by atoms with Crippen LogP contribution in [0.5, 0.6) is 0 Å².